The molecule has 1 aromatic carbocycles. The third-order valence-electron chi connectivity index (χ3n) is 4.96. The number of hydrogen-bond acceptors (Lipinski definition) is 6. The maximum atomic E-state index is 13.1. The van der Waals surface area contributed by atoms with Crippen LogP contribution in [0.25, 0.3) is 0 Å². The Morgan fingerprint density at radius 2 is 1.89 bits per heavy atom. The van der Waals surface area contributed by atoms with Crippen LogP contribution in [0.2, 0.25) is 0 Å². The fourth-order valence-electron chi connectivity index (χ4n) is 3.58. The summed E-state index contributed by atoms with van der Waals surface area (Å²) in [7, 11) is 0. The molecule has 2 amide bonds. The number of rotatable bonds is 4. The molecule has 2 aromatic rings. The van der Waals surface area contributed by atoms with E-state index in [0.29, 0.717) is 39.3 Å². The van der Waals surface area contributed by atoms with Gasteiger partial charge in [0.05, 0.1) is 26.0 Å². The summed E-state index contributed by atoms with van der Waals surface area (Å²) in [6.45, 7) is 2.42. The maximum absolute atomic E-state index is 13.1. The van der Waals surface area contributed by atoms with Crippen LogP contribution in [0, 0.1) is 0 Å². The molecule has 0 saturated carbocycles. The van der Waals surface area contributed by atoms with E-state index in [0.717, 1.165) is 5.75 Å². The minimum Gasteiger partial charge on any atom is -0.488 e. The zero-order valence-corrected chi connectivity index (χ0v) is 15.4. The van der Waals surface area contributed by atoms with E-state index in [1.54, 1.807) is 9.80 Å². The molecule has 3 heterocycles. The molecule has 0 radical (unpaired) electrons. The van der Waals surface area contributed by atoms with Gasteiger partial charge in [-0.2, -0.15) is 0 Å². The van der Waals surface area contributed by atoms with E-state index in [1.807, 2.05) is 30.3 Å². The molecule has 2 atom stereocenters. The molecule has 0 aliphatic carbocycles. The molecule has 0 spiro atoms. The molecule has 0 bridgehead atoms. The molecule has 8 heteroatoms. The molecule has 2 saturated heterocycles. The number of amides is 2. The Labute approximate surface area is 163 Å². The van der Waals surface area contributed by atoms with E-state index in [-0.39, 0.29) is 23.6 Å². The molecule has 0 unspecified atom stereocenters. The Kier molecular flexibility index (Phi) is 5.48. The van der Waals surface area contributed by atoms with Crippen molar-refractivity contribution < 1.29 is 19.1 Å². The Hall–Kier alpha value is -3.00. The van der Waals surface area contributed by atoms with Crippen molar-refractivity contribution in [3.63, 3.8) is 0 Å². The molecule has 2 fully saturated rings. The smallest absolute Gasteiger partial charge is 0.274 e. The van der Waals surface area contributed by atoms with E-state index < -0.39 is 6.04 Å². The van der Waals surface area contributed by atoms with Gasteiger partial charge in [-0.3, -0.25) is 14.6 Å². The van der Waals surface area contributed by atoms with E-state index in [4.69, 9.17) is 9.47 Å². The first-order valence-corrected chi connectivity index (χ1v) is 9.37. The third kappa shape index (κ3) is 3.96. The zero-order valence-electron chi connectivity index (χ0n) is 15.4. The molecule has 2 aliphatic heterocycles. The largest absolute Gasteiger partial charge is 0.488 e. The van der Waals surface area contributed by atoms with Crippen molar-refractivity contribution in [2.75, 3.05) is 32.8 Å². The van der Waals surface area contributed by atoms with Crippen molar-refractivity contribution in [1.29, 1.82) is 0 Å². The molecule has 2 aliphatic rings. The van der Waals surface area contributed by atoms with Crippen LogP contribution in [0.4, 0.5) is 0 Å². The minimum atomic E-state index is -0.582. The Morgan fingerprint density at radius 3 is 2.61 bits per heavy atom. The first kappa shape index (κ1) is 18.4. The highest BCUT2D eigenvalue weighted by atomic mass is 16.5. The average Bonchev–Trinajstić information content (AvgIpc) is 3.18. The lowest BCUT2D eigenvalue weighted by atomic mass is 10.1. The lowest BCUT2D eigenvalue weighted by molar-refractivity contribution is -0.139. The van der Waals surface area contributed by atoms with Crippen molar-refractivity contribution in [1.82, 2.24) is 19.8 Å². The molecule has 8 nitrogen and oxygen atoms in total. The standard InChI is InChI=1S/C20H22N4O4/c25-19(17-13-21-6-7-22-17)24-14-16(28-15-4-2-1-3-5-15)12-18(24)20(26)23-8-10-27-11-9-23/h1-7,13,16,18H,8-12,14H2/t16-,18-/m0/s1. The van der Waals surface area contributed by atoms with E-state index in [2.05, 4.69) is 9.97 Å². The Balaban J connectivity index is 1.54. The number of benzene rings is 1. The van der Waals surface area contributed by atoms with E-state index in [1.165, 1.54) is 18.6 Å². The van der Waals surface area contributed by atoms with E-state index in [9.17, 15) is 9.59 Å². The van der Waals surface area contributed by atoms with E-state index >= 15 is 0 Å². The number of likely N-dealkylation sites (tertiary alicyclic amines) is 1. The highest BCUT2D eigenvalue weighted by Crippen LogP contribution is 2.26. The Morgan fingerprint density at radius 1 is 1.11 bits per heavy atom. The molecular weight excluding hydrogens is 360 g/mol. The second-order valence-electron chi connectivity index (χ2n) is 6.79. The minimum absolute atomic E-state index is 0.0697. The number of aromatic nitrogens is 2. The van der Waals surface area contributed by atoms with Gasteiger partial charge >= 0.3 is 0 Å². The molecular formula is C20H22N4O4. The molecule has 28 heavy (non-hydrogen) atoms. The van der Waals surface area contributed by atoms with Crippen LogP contribution in [-0.2, 0) is 9.53 Å². The van der Waals surface area contributed by atoms with Gasteiger partial charge in [0.15, 0.2) is 0 Å². The van der Waals surface area contributed by atoms with Crippen LogP contribution >= 0.6 is 0 Å². The summed E-state index contributed by atoms with van der Waals surface area (Å²) in [5, 5.41) is 0. The van der Waals surface area contributed by atoms with Gasteiger partial charge in [0.2, 0.25) is 5.91 Å². The maximum Gasteiger partial charge on any atom is 0.274 e. The van der Waals surface area contributed by atoms with Crippen molar-refractivity contribution in [2.24, 2.45) is 0 Å². The van der Waals surface area contributed by atoms with Crippen LogP contribution < -0.4 is 4.74 Å². The summed E-state index contributed by atoms with van der Waals surface area (Å²) in [6.07, 6.45) is 4.58. The fraction of sp³-hybridized carbons (Fsp3) is 0.400. The van der Waals surface area contributed by atoms with Gasteiger partial charge in [0, 0.05) is 31.9 Å². The monoisotopic (exact) mass is 382 g/mol. The summed E-state index contributed by atoms with van der Waals surface area (Å²) >= 11 is 0. The number of para-hydroxylation sites is 1. The highest BCUT2D eigenvalue weighted by molar-refractivity contribution is 5.96. The van der Waals surface area contributed by atoms with Crippen molar-refractivity contribution >= 4 is 11.8 Å². The fourth-order valence-corrected chi connectivity index (χ4v) is 3.58. The van der Waals surface area contributed by atoms with Gasteiger partial charge in [-0.1, -0.05) is 18.2 Å². The number of carbonyl (C=O) groups excluding carboxylic acids is 2. The number of carbonyl (C=O) groups is 2. The average molecular weight is 382 g/mol. The van der Waals surface area contributed by atoms with Crippen LogP contribution in [0.15, 0.2) is 48.9 Å². The normalized spacial score (nSPS) is 22.1. The first-order valence-electron chi connectivity index (χ1n) is 9.37. The lowest BCUT2D eigenvalue weighted by Crippen LogP contribution is -2.51. The topological polar surface area (TPSA) is 84.9 Å². The second-order valence-corrected chi connectivity index (χ2v) is 6.79. The van der Waals surface area contributed by atoms with Crippen LogP contribution in [0.3, 0.4) is 0 Å². The predicted molar refractivity (Wildman–Crippen MR) is 99.7 cm³/mol. The van der Waals surface area contributed by atoms with Gasteiger partial charge in [-0.15, -0.1) is 0 Å². The van der Waals surface area contributed by atoms with Crippen molar-refractivity contribution in [2.45, 2.75) is 18.6 Å². The predicted octanol–water partition coefficient (Wildman–Crippen LogP) is 0.997. The summed E-state index contributed by atoms with van der Waals surface area (Å²) < 4.78 is 11.4. The molecule has 0 N–H and O–H groups in total. The summed E-state index contributed by atoms with van der Waals surface area (Å²) in [4.78, 5) is 37.5. The quantitative estimate of drug-likeness (QED) is 0.784. The van der Waals surface area contributed by atoms with Crippen molar-refractivity contribution in [3.8, 4) is 5.75 Å². The summed E-state index contributed by atoms with van der Waals surface area (Å²) in [5.74, 6) is 0.345. The van der Waals surface area contributed by atoms with Gasteiger partial charge < -0.3 is 19.3 Å². The van der Waals surface area contributed by atoms with Gasteiger partial charge in [0.25, 0.3) is 5.91 Å². The zero-order chi connectivity index (χ0) is 19.3. The van der Waals surface area contributed by atoms with Crippen molar-refractivity contribution in [3.05, 3.63) is 54.6 Å². The first-order chi connectivity index (χ1) is 13.7. The number of ether oxygens (including phenoxy) is 2. The van der Waals surface area contributed by atoms with Gasteiger partial charge in [-0.25, -0.2) is 4.98 Å². The Bertz CT molecular complexity index is 811. The number of morpholine rings is 1. The summed E-state index contributed by atoms with van der Waals surface area (Å²) in [5.41, 5.74) is 0.225. The van der Waals surface area contributed by atoms with Crippen LogP contribution in [-0.4, -0.2) is 76.6 Å². The molecule has 4 rings (SSSR count). The third-order valence-corrected chi connectivity index (χ3v) is 4.96. The molecule has 146 valence electrons. The van der Waals surface area contributed by atoms with Gasteiger partial charge in [0.1, 0.15) is 23.6 Å². The number of nitrogens with zero attached hydrogens (tertiary/aromatic N) is 4. The highest BCUT2D eigenvalue weighted by Gasteiger charge is 2.43. The summed E-state index contributed by atoms with van der Waals surface area (Å²) in [6, 6.07) is 8.85. The van der Waals surface area contributed by atoms with Gasteiger partial charge in [-0.05, 0) is 12.1 Å². The van der Waals surface area contributed by atoms with Crippen LogP contribution in [0.1, 0.15) is 16.9 Å². The molecule has 1 aromatic heterocycles. The van der Waals surface area contributed by atoms with Crippen LogP contribution in [0.5, 0.6) is 5.75 Å². The SMILES string of the molecule is O=C([C@@H]1C[C@H](Oc2ccccc2)CN1C(=O)c1cnccn1)N1CCOCC1. The lowest BCUT2D eigenvalue weighted by Gasteiger charge is -2.32. The second kappa shape index (κ2) is 8.35. The number of hydrogen-bond donors (Lipinski definition) is 0.